The smallest absolute Gasteiger partial charge is 0.414 e. The van der Waals surface area contributed by atoms with Crippen molar-refractivity contribution >= 4 is 35.7 Å². The third-order valence-electron chi connectivity index (χ3n) is 9.77. The van der Waals surface area contributed by atoms with Crippen LogP contribution in [0, 0.1) is 0 Å². The average Bonchev–Trinajstić information content (AvgIpc) is 3.50. The van der Waals surface area contributed by atoms with Gasteiger partial charge >= 0.3 is 12.1 Å². The molecule has 286 valence electrons. The second kappa shape index (κ2) is 16.5. The van der Waals surface area contributed by atoms with Gasteiger partial charge in [-0.15, -0.1) is 0 Å². The van der Waals surface area contributed by atoms with Gasteiger partial charge < -0.3 is 61.2 Å². The Kier molecular flexibility index (Phi) is 12.6. The number of aliphatic carboxylic acids is 1. The molecule has 1 unspecified atom stereocenters. The average molecular weight is 731 g/mol. The molecule has 18 heteroatoms. The zero-order valence-electron chi connectivity index (χ0n) is 30.4. The topological polar surface area (TPSA) is 252 Å². The first-order chi connectivity index (χ1) is 24.5. The maximum absolute atomic E-state index is 13.6. The van der Waals surface area contributed by atoms with Crippen LogP contribution in [0.5, 0.6) is 11.5 Å². The van der Waals surface area contributed by atoms with E-state index in [0.717, 1.165) is 20.9 Å². The van der Waals surface area contributed by atoms with Gasteiger partial charge in [-0.1, -0.05) is 13.0 Å². The molecule has 4 rings (SSSR count). The molecule has 0 bridgehead atoms. The van der Waals surface area contributed by atoms with Gasteiger partial charge in [-0.25, -0.2) is 4.79 Å². The lowest BCUT2D eigenvalue weighted by atomic mass is 9.63. The number of aliphatic hydroxyl groups is 1. The molecule has 0 saturated carbocycles. The van der Waals surface area contributed by atoms with E-state index in [1.165, 1.54) is 28.1 Å². The molecule has 0 spiro atoms. The number of aliphatic imine (C=N–C) groups is 1. The number of carbonyl (C=O) groups excluding carboxylic acids is 4. The summed E-state index contributed by atoms with van der Waals surface area (Å²) in [6.45, 7) is 3.01. The quantitative estimate of drug-likeness (QED) is 0.0686. The van der Waals surface area contributed by atoms with E-state index in [1.807, 2.05) is 26.1 Å². The minimum atomic E-state index is -1.43. The van der Waals surface area contributed by atoms with Crippen molar-refractivity contribution < 1.29 is 48.4 Å². The van der Waals surface area contributed by atoms with Gasteiger partial charge in [0.2, 0.25) is 17.7 Å². The fourth-order valence-electron chi connectivity index (χ4n) is 7.15. The van der Waals surface area contributed by atoms with Crippen LogP contribution in [0.2, 0.25) is 0 Å². The SMILES string of the molecule is CCN(C)[C@@H]1Cc2ccc(OC)c3c2C2[C@@H](O3)C(OC(=O)N(C)C[C@H](NC(=O)[C@H](CCCN=C(N)N)NC(C)=O)C(=O)N(C)CC(=O)O)=CC[C@]21O. The molecule has 6 atom stereocenters. The Bertz CT molecular complexity index is 1610. The highest BCUT2D eigenvalue weighted by Crippen LogP contribution is 2.59. The number of nitrogens with two attached hydrogens (primary N) is 2. The third-order valence-corrected chi connectivity index (χ3v) is 9.77. The minimum absolute atomic E-state index is 0.110. The van der Waals surface area contributed by atoms with E-state index in [9.17, 15) is 34.2 Å². The Hall–Kier alpha value is -5.10. The van der Waals surface area contributed by atoms with Crippen molar-refractivity contribution in [3.05, 3.63) is 35.1 Å². The zero-order valence-corrected chi connectivity index (χ0v) is 30.4. The number of carbonyl (C=O) groups is 5. The molecule has 0 radical (unpaired) electrons. The molecule has 52 heavy (non-hydrogen) atoms. The number of likely N-dealkylation sites (N-methyl/N-ethyl adjacent to an activating group) is 3. The van der Waals surface area contributed by atoms with Crippen molar-refractivity contribution in [2.24, 2.45) is 16.5 Å². The highest BCUT2D eigenvalue weighted by molar-refractivity contribution is 5.93. The van der Waals surface area contributed by atoms with E-state index in [2.05, 4.69) is 20.5 Å². The summed E-state index contributed by atoms with van der Waals surface area (Å²) in [4.78, 5) is 71.8. The third kappa shape index (κ3) is 8.50. The molecule has 0 fully saturated rings. The number of methoxy groups -OCH3 is 1. The van der Waals surface area contributed by atoms with Crippen LogP contribution in [0.25, 0.3) is 0 Å². The first-order valence-electron chi connectivity index (χ1n) is 17.0. The highest BCUT2D eigenvalue weighted by atomic mass is 16.6. The number of hydrogen-bond acceptors (Lipinski definition) is 11. The van der Waals surface area contributed by atoms with Gasteiger partial charge in [-0.05, 0) is 50.6 Å². The maximum Gasteiger partial charge on any atom is 0.414 e. The van der Waals surface area contributed by atoms with Gasteiger partial charge in [0.05, 0.1) is 25.2 Å². The zero-order chi connectivity index (χ0) is 38.5. The molecule has 1 aromatic carbocycles. The molecule has 2 aliphatic carbocycles. The van der Waals surface area contributed by atoms with E-state index in [4.69, 9.17) is 25.7 Å². The van der Waals surface area contributed by atoms with Crippen LogP contribution in [0.1, 0.15) is 50.2 Å². The van der Waals surface area contributed by atoms with Gasteiger partial charge in [0.25, 0.3) is 0 Å². The maximum atomic E-state index is 13.6. The first-order valence-corrected chi connectivity index (χ1v) is 17.0. The van der Waals surface area contributed by atoms with Gasteiger partial charge in [-0.3, -0.25) is 24.2 Å². The van der Waals surface area contributed by atoms with Crippen LogP contribution in [-0.4, -0.2) is 145 Å². The molecular formula is C34H50N8O10. The summed E-state index contributed by atoms with van der Waals surface area (Å²) in [6, 6.07) is 1.00. The number of benzene rings is 1. The van der Waals surface area contributed by atoms with E-state index >= 15 is 0 Å². The normalized spacial score (nSPS) is 22.1. The predicted octanol–water partition coefficient (Wildman–Crippen LogP) is -0.911. The Morgan fingerprint density at radius 2 is 1.83 bits per heavy atom. The lowest BCUT2D eigenvalue weighted by Crippen LogP contribution is -2.61. The highest BCUT2D eigenvalue weighted by Gasteiger charge is 2.60. The summed E-state index contributed by atoms with van der Waals surface area (Å²) >= 11 is 0. The van der Waals surface area contributed by atoms with Crippen LogP contribution in [0.4, 0.5) is 4.79 Å². The van der Waals surface area contributed by atoms with E-state index in [-0.39, 0.29) is 37.1 Å². The number of amides is 4. The van der Waals surface area contributed by atoms with E-state index in [0.29, 0.717) is 30.9 Å². The monoisotopic (exact) mass is 730 g/mol. The summed E-state index contributed by atoms with van der Waals surface area (Å²) < 4.78 is 17.9. The lowest BCUT2D eigenvalue weighted by Gasteiger charge is -2.50. The molecule has 3 aliphatic rings. The Balaban J connectivity index is 1.56. The summed E-state index contributed by atoms with van der Waals surface area (Å²) in [7, 11) is 6.07. The minimum Gasteiger partial charge on any atom is -0.493 e. The first kappa shape index (κ1) is 39.7. The van der Waals surface area contributed by atoms with Gasteiger partial charge in [0.15, 0.2) is 23.6 Å². The number of carboxylic acids is 1. The van der Waals surface area contributed by atoms with E-state index in [1.54, 1.807) is 6.08 Å². The van der Waals surface area contributed by atoms with E-state index < -0.39 is 72.6 Å². The van der Waals surface area contributed by atoms with Crippen LogP contribution < -0.4 is 31.6 Å². The van der Waals surface area contributed by atoms with Crippen LogP contribution >= 0.6 is 0 Å². The summed E-state index contributed by atoms with van der Waals surface area (Å²) in [5, 5.41) is 26.7. The van der Waals surface area contributed by atoms with Crippen molar-refractivity contribution in [2.45, 2.75) is 75.3 Å². The number of carboxylic acid groups (broad SMARTS) is 1. The number of nitrogens with zero attached hydrogens (tertiary/aromatic N) is 4. The lowest BCUT2D eigenvalue weighted by molar-refractivity contribution is -0.145. The van der Waals surface area contributed by atoms with Crippen molar-refractivity contribution in [3.63, 3.8) is 0 Å². The fourth-order valence-corrected chi connectivity index (χ4v) is 7.15. The largest absolute Gasteiger partial charge is 0.493 e. The second-order valence-corrected chi connectivity index (χ2v) is 13.4. The van der Waals surface area contributed by atoms with Gasteiger partial charge in [0.1, 0.15) is 24.4 Å². The standard InChI is InChI=1S/C34H50N8O10/c1-7-40(3)24-15-19-10-11-22(50-6)28-26(19)27-29(52-28)23(12-13-34(24,27)49)51-33(48)42(5)16-21(31(47)41(4)17-25(44)45)39-30(46)20(38-18(2)43)9-8-14-37-32(35)36/h10-12,20-21,24,27,29,49H,7-9,13-17H2,1-6H3,(H,38,43)(H,39,46)(H,44,45)(H4,35,36,37)/t20-,21-,24+,27?,29-,34+/m0/s1. The van der Waals surface area contributed by atoms with Crippen LogP contribution in [0.15, 0.2) is 29.0 Å². The van der Waals surface area contributed by atoms with Gasteiger partial charge in [0, 0.05) is 45.6 Å². The molecule has 1 aliphatic heterocycles. The Morgan fingerprint density at radius 3 is 2.44 bits per heavy atom. The molecule has 0 saturated heterocycles. The molecule has 1 heterocycles. The van der Waals surface area contributed by atoms with Crippen molar-refractivity contribution in [1.29, 1.82) is 0 Å². The summed E-state index contributed by atoms with van der Waals surface area (Å²) in [5.41, 5.74) is 11.3. The van der Waals surface area contributed by atoms with Crippen molar-refractivity contribution in [2.75, 3.05) is 54.4 Å². The molecule has 1 aromatic rings. The second-order valence-electron chi connectivity index (χ2n) is 13.4. The Morgan fingerprint density at radius 1 is 1.12 bits per heavy atom. The number of ether oxygens (including phenoxy) is 3. The van der Waals surface area contributed by atoms with Crippen LogP contribution in [0.3, 0.4) is 0 Å². The molecule has 8 N–H and O–H groups in total. The van der Waals surface area contributed by atoms with Crippen molar-refractivity contribution in [3.8, 4) is 11.5 Å². The molecule has 18 nitrogen and oxygen atoms in total. The number of rotatable bonds is 16. The van der Waals surface area contributed by atoms with Gasteiger partial charge in [-0.2, -0.15) is 0 Å². The number of hydrogen-bond donors (Lipinski definition) is 6. The molecule has 0 aromatic heterocycles. The number of guanidine groups is 1. The van der Waals surface area contributed by atoms with Crippen LogP contribution in [-0.2, 0) is 30.3 Å². The summed E-state index contributed by atoms with van der Waals surface area (Å²) in [5.74, 6) is -2.93. The van der Waals surface area contributed by atoms with Crippen molar-refractivity contribution in [1.82, 2.24) is 25.3 Å². The summed E-state index contributed by atoms with van der Waals surface area (Å²) in [6.07, 6.45) is 1.04. The molecular weight excluding hydrogens is 680 g/mol. The number of nitrogens with one attached hydrogen (secondary N) is 2. The Labute approximate surface area is 302 Å². The predicted molar refractivity (Wildman–Crippen MR) is 187 cm³/mol. The molecule has 4 amide bonds. The fraction of sp³-hybridized carbons (Fsp3) is 0.588.